The highest BCUT2D eigenvalue weighted by Crippen LogP contribution is 2.32. The van der Waals surface area contributed by atoms with Gasteiger partial charge in [-0.2, -0.15) is 13.2 Å². The van der Waals surface area contributed by atoms with Crippen LogP contribution >= 0.6 is 0 Å². The van der Waals surface area contributed by atoms with Gasteiger partial charge >= 0.3 is 6.18 Å². The smallest absolute Gasteiger partial charge is 0.353 e. The minimum absolute atomic E-state index is 0.118. The summed E-state index contributed by atoms with van der Waals surface area (Å²) in [7, 11) is 0. The predicted octanol–water partition coefficient (Wildman–Crippen LogP) is 0.374. The molecule has 25 heavy (non-hydrogen) atoms. The van der Waals surface area contributed by atoms with Gasteiger partial charge in [-0.15, -0.1) is 0 Å². The molecule has 1 aliphatic rings. The van der Waals surface area contributed by atoms with Crippen LogP contribution in [0.2, 0.25) is 0 Å². The van der Waals surface area contributed by atoms with Crippen molar-refractivity contribution in [3.05, 3.63) is 40.4 Å². The van der Waals surface area contributed by atoms with Gasteiger partial charge in [0.2, 0.25) is 11.8 Å². The Morgan fingerprint density at radius 1 is 1.28 bits per heavy atom. The fourth-order valence-electron chi connectivity index (χ4n) is 2.63. The molecule has 0 bridgehead atoms. The third-order valence-corrected chi connectivity index (χ3v) is 3.86. The van der Waals surface area contributed by atoms with E-state index >= 15 is 0 Å². The summed E-state index contributed by atoms with van der Waals surface area (Å²) in [4.78, 5) is 40.9. The van der Waals surface area contributed by atoms with Gasteiger partial charge in [0, 0.05) is 13.1 Å². The molecule has 0 aliphatic carbocycles. The summed E-state index contributed by atoms with van der Waals surface area (Å²) in [5.74, 6) is -0.788. The minimum atomic E-state index is -4.64. The molecule has 2 aromatic rings. The zero-order valence-electron chi connectivity index (χ0n) is 12.8. The molecule has 1 aromatic heterocycles. The number of benzene rings is 1. The Kier molecular flexibility index (Phi) is 4.19. The number of amides is 2. The van der Waals surface area contributed by atoms with Gasteiger partial charge in [0.1, 0.15) is 6.54 Å². The van der Waals surface area contributed by atoms with Crippen LogP contribution in [0, 0.1) is 0 Å². The Hall–Kier alpha value is -2.91. The van der Waals surface area contributed by atoms with Gasteiger partial charge < -0.3 is 10.2 Å². The molecule has 1 saturated heterocycles. The van der Waals surface area contributed by atoms with Gasteiger partial charge in [0.05, 0.1) is 29.3 Å². The highest BCUT2D eigenvalue weighted by Gasteiger charge is 2.33. The Morgan fingerprint density at radius 2 is 2.04 bits per heavy atom. The average Bonchev–Trinajstić information content (AvgIpc) is 2.56. The summed E-state index contributed by atoms with van der Waals surface area (Å²) in [5, 5.41) is 2.35. The highest BCUT2D eigenvalue weighted by atomic mass is 19.4. The maximum absolute atomic E-state index is 13.0. The SMILES string of the molecule is O=C1CN(C(=O)Cn2cnc3c(C(F)(F)F)cccc3c2=O)CCN1. The van der Waals surface area contributed by atoms with Crippen LogP contribution in [0.15, 0.2) is 29.3 Å². The van der Waals surface area contributed by atoms with Crippen molar-refractivity contribution in [3.63, 3.8) is 0 Å². The van der Waals surface area contributed by atoms with Crippen LogP contribution in [-0.2, 0) is 22.3 Å². The number of nitrogens with zero attached hydrogens (tertiary/aromatic N) is 3. The van der Waals surface area contributed by atoms with E-state index in [4.69, 9.17) is 0 Å². The second-order valence-corrected chi connectivity index (χ2v) is 5.54. The molecule has 0 radical (unpaired) electrons. The van der Waals surface area contributed by atoms with E-state index in [1.807, 2.05) is 0 Å². The first-order chi connectivity index (χ1) is 11.8. The molecule has 2 amide bonds. The number of hydrogen-bond donors (Lipinski definition) is 1. The molecular weight excluding hydrogens is 341 g/mol. The van der Waals surface area contributed by atoms with E-state index in [0.717, 1.165) is 23.0 Å². The van der Waals surface area contributed by atoms with E-state index in [0.29, 0.717) is 13.1 Å². The molecule has 0 atom stereocenters. The lowest BCUT2D eigenvalue weighted by Crippen LogP contribution is -2.51. The van der Waals surface area contributed by atoms with Crippen LogP contribution in [-0.4, -0.2) is 45.9 Å². The molecular formula is C15H13F3N4O3. The van der Waals surface area contributed by atoms with Crippen molar-refractivity contribution in [3.8, 4) is 0 Å². The lowest BCUT2D eigenvalue weighted by atomic mass is 10.1. The lowest BCUT2D eigenvalue weighted by molar-refractivity contribution is -0.138. The van der Waals surface area contributed by atoms with Crippen molar-refractivity contribution in [1.29, 1.82) is 0 Å². The fraction of sp³-hybridized carbons (Fsp3) is 0.333. The zero-order valence-corrected chi connectivity index (χ0v) is 12.8. The monoisotopic (exact) mass is 354 g/mol. The van der Waals surface area contributed by atoms with Crippen LogP contribution in [0.5, 0.6) is 0 Å². The lowest BCUT2D eigenvalue weighted by Gasteiger charge is -2.26. The average molecular weight is 354 g/mol. The van der Waals surface area contributed by atoms with Crippen LogP contribution in [0.25, 0.3) is 10.9 Å². The Bertz CT molecular complexity index is 907. The third-order valence-electron chi connectivity index (χ3n) is 3.86. The topological polar surface area (TPSA) is 84.3 Å². The van der Waals surface area contributed by atoms with Gasteiger partial charge in [-0.1, -0.05) is 6.07 Å². The molecule has 1 N–H and O–H groups in total. The zero-order chi connectivity index (χ0) is 18.2. The Balaban J connectivity index is 1.93. The third kappa shape index (κ3) is 3.32. The number of hydrogen-bond acceptors (Lipinski definition) is 4. The number of para-hydroxylation sites is 1. The van der Waals surface area contributed by atoms with Crippen LogP contribution in [0.1, 0.15) is 5.56 Å². The molecule has 1 aliphatic heterocycles. The minimum Gasteiger partial charge on any atom is -0.353 e. The largest absolute Gasteiger partial charge is 0.418 e. The number of aromatic nitrogens is 2. The van der Waals surface area contributed by atoms with E-state index in [1.54, 1.807) is 0 Å². The summed E-state index contributed by atoms with van der Waals surface area (Å²) in [6, 6.07) is 3.20. The molecule has 3 rings (SSSR count). The molecule has 1 fully saturated rings. The van der Waals surface area contributed by atoms with Gasteiger partial charge in [-0.05, 0) is 12.1 Å². The molecule has 2 heterocycles. The number of carbonyl (C=O) groups excluding carboxylic acids is 2. The van der Waals surface area contributed by atoms with Crippen LogP contribution in [0.4, 0.5) is 13.2 Å². The van der Waals surface area contributed by atoms with E-state index in [2.05, 4.69) is 10.3 Å². The van der Waals surface area contributed by atoms with Crippen LogP contribution in [0.3, 0.4) is 0 Å². The fourth-order valence-corrected chi connectivity index (χ4v) is 2.63. The molecule has 0 spiro atoms. The molecule has 10 heteroatoms. The van der Waals surface area contributed by atoms with E-state index in [9.17, 15) is 27.6 Å². The molecule has 0 saturated carbocycles. The first-order valence-corrected chi connectivity index (χ1v) is 7.37. The second-order valence-electron chi connectivity index (χ2n) is 5.54. The Labute approximate surface area is 139 Å². The first kappa shape index (κ1) is 16.9. The number of halogens is 3. The summed E-state index contributed by atoms with van der Waals surface area (Å²) in [6.45, 7) is 0.0983. The number of nitrogens with one attached hydrogen (secondary N) is 1. The summed E-state index contributed by atoms with van der Waals surface area (Å²) >= 11 is 0. The summed E-state index contributed by atoms with van der Waals surface area (Å²) in [5.41, 5.74) is -2.21. The Morgan fingerprint density at radius 3 is 2.72 bits per heavy atom. The van der Waals surface area contributed by atoms with Gasteiger partial charge in [-0.3, -0.25) is 19.0 Å². The van der Waals surface area contributed by atoms with Gasteiger partial charge in [0.25, 0.3) is 5.56 Å². The molecule has 132 valence electrons. The van der Waals surface area contributed by atoms with Gasteiger partial charge in [-0.25, -0.2) is 4.98 Å². The number of fused-ring (bicyclic) bond motifs is 1. The van der Waals surface area contributed by atoms with E-state index in [1.165, 1.54) is 11.0 Å². The standard InChI is InChI=1S/C15H13F3N4O3/c16-15(17,18)10-3-1-2-9-13(10)20-8-22(14(9)25)7-12(24)21-5-4-19-11(23)6-21/h1-3,8H,4-7H2,(H,19,23). The predicted molar refractivity (Wildman–Crippen MR) is 80.6 cm³/mol. The van der Waals surface area contributed by atoms with Crippen molar-refractivity contribution in [2.75, 3.05) is 19.6 Å². The van der Waals surface area contributed by atoms with E-state index < -0.39 is 35.3 Å². The van der Waals surface area contributed by atoms with Crippen molar-refractivity contribution in [1.82, 2.24) is 19.8 Å². The van der Waals surface area contributed by atoms with Crippen molar-refractivity contribution < 1.29 is 22.8 Å². The van der Waals surface area contributed by atoms with Crippen LogP contribution < -0.4 is 10.9 Å². The molecule has 7 nitrogen and oxygen atoms in total. The number of rotatable bonds is 2. The van der Waals surface area contributed by atoms with Crippen molar-refractivity contribution in [2.45, 2.75) is 12.7 Å². The normalized spacial score (nSPS) is 15.3. The maximum Gasteiger partial charge on any atom is 0.418 e. The quantitative estimate of drug-likeness (QED) is 0.845. The number of carbonyl (C=O) groups is 2. The summed E-state index contributed by atoms with van der Waals surface area (Å²) in [6.07, 6.45) is -3.72. The first-order valence-electron chi connectivity index (χ1n) is 7.37. The molecule has 1 aromatic carbocycles. The number of piperazine rings is 1. The number of alkyl halides is 3. The maximum atomic E-state index is 13.0. The summed E-state index contributed by atoms with van der Waals surface area (Å²) < 4.78 is 39.9. The van der Waals surface area contributed by atoms with Crippen molar-refractivity contribution in [2.24, 2.45) is 0 Å². The molecule has 0 unspecified atom stereocenters. The van der Waals surface area contributed by atoms with E-state index in [-0.39, 0.29) is 17.8 Å². The van der Waals surface area contributed by atoms with Crippen molar-refractivity contribution >= 4 is 22.7 Å². The van der Waals surface area contributed by atoms with Gasteiger partial charge in [0.15, 0.2) is 0 Å². The second kappa shape index (κ2) is 6.19. The highest BCUT2D eigenvalue weighted by molar-refractivity contribution is 5.86.